The molecule has 4 aliphatic heterocycles. The van der Waals surface area contributed by atoms with Gasteiger partial charge in [0.15, 0.2) is 0 Å². The maximum absolute atomic E-state index is 2.86. The van der Waals surface area contributed by atoms with E-state index in [2.05, 4.69) is 136 Å². The van der Waals surface area contributed by atoms with Crippen LogP contribution in [-0.2, 0) is 0 Å². The summed E-state index contributed by atoms with van der Waals surface area (Å²) in [6.07, 6.45) is 19.3. The van der Waals surface area contributed by atoms with Gasteiger partial charge in [-0.1, -0.05) is 130 Å². The molecule has 4 saturated carbocycles. The molecular formula is C36H59S12+. The van der Waals surface area contributed by atoms with Crippen LogP contribution >= 0.6 is 130 Å². The van der Waals surface area contributed by atoms with E-state index in [-0.39, 0.29) is 0 Å². The van der Waals surface area contributed by atoms with Crippen LogP contribution < -0.4 is 0 Å². The summed E-state index contributed by atoms with van der Waals surface area (Å²) in [7, 11) is 27.3. The molecule has 0 nitrogen and oxygen atoms in total. The van der Waals surface area contributed by atoms with E-state index in [9.17, 15) is 0 Å². The molecule has 10 unspecified atom stereocenters. The SMILES string of the molecule is [CH+]1C2CSSCC3CC4CSSCC5CC6CSSCC1CC(CSSCC1CC(CSSCC(C3)C4)CC(CSSCC(C6)C5)C1)C2. The van der Waals surface area contributed by atoms with Crippen molar-refractivity contribution in [3.63, 3.8) is 0 Å². The van der Waals surface area contributed by atoms with Gasteiger partial charge in [0, 0.05) is 69.0 Å². The summed E-state index contributed by atoms with van der Waals surface area (Å²) in [5, 5.41) is 0. The van der Waals surface area contributed by atoms with Gasteiger partial charge >= 0.3 is 0 Å². The van der Waals surface area contributed by atoms with Crippen molar-refractivity contribution in [3.05, 3.63) is 6.42 Å². The van der Waals surface area contributed by atoms with Crippen LogP contribution in [0.15, 0.2) is 0 Å². The molecule has 12 bridgehead atoms. The van der Waals surface area contributed by atoms with Crippen molar-refractivity contribution in [3.8, 4) is 0 Å². The molecule has 4 aliphatic carbocycles. The summed E-state index contributed by atoms with van der Waals surface area (Å²) < 4.78 is 0. The highest BCUT2D eigenvalue weighted by atomic mass is 33.1. The second-order valence-corrected chi connectivity index (χ2v) is 31.7. The predicted molar refractivity (Wildman–Crippen MR) is 246 cm³/mol. The van der Waals surface area contributed by atoms with Crippen molar-refractivity contribution in [2.45, 2.75) is 70.6 Å². The highest BCUT2D eigenvalue weighted by molar-refractivity contribution is 8.78. The minimum atomic E-state index is 0.829. The third-order valence-corrected chi connectivity index (χ3v) is 28.0. The van der Waals surface area contributed by atoms with Crippen LogP contribution in [0.1, 0.15) is 70.6 Å². The zero-order valence-corrected chi connectivity index (χ0v) is 38.5. The molecule has 48 heavy (non-hydrogen) atoms. The molecule has 10 atom stereocenters. The van der Waals surface area contributed by atoms with Gasteiger partial charge in [0.05, 0.1) is 6.42 Å². The first-order valence-electron chi connectivity index (χ1n) is 19.0. The van der Waals surface area contributed by atoms with Crippen LogP contribution in [-0.4, -0.2) is 69.0 Å². The van der Waals surface area contributed by atoms with Gasteiger partial charge in [-0.15, -0.1) is 0 Å². The van der Waals surface area contributed by atoms with E-state index in [0.717, 1.165) is 71.0 Å². The zero-order valence-electron chi connectivity index (χ0n) is 28.7. The summed E-state index contributed by atoms with van der Waals surface area (Å²) in [5.74, 6) is 27.9. The topological polar surface area (TPSA) is 0 Å². The van der Waals surface area contributed by atoms with Crippen molar-refractivity contribution in [1.82, 2.24) is 0 Å². The van der Waals surface area contributed by atoms with E-state index in [1.54, 1.807) is 0 Å². The van der Waals surface area contributed by atoms with Crippen LogP contribution in [0.25, 0.3) is 0 Å². The fourth-order valence-corrected chi connectivity index (χ4v) is 26.9. The van der Waals surface area contributed by atoms with Crippen LogP contribution in [0.2, 0.25) is 0 Å². The van der Waals surface area contributed by atoms with Crippen LogP contribution in [0.4, 0.5) is 0 Å². The Hall–Kier alpha value is 4.07. The Morgan fingerprint density at radius 2 is 0.375 bits per heavy atom. The monoisotopic (exact) mass is 875 g/mol. The molecule has 0 N–H and O–H groups in total. The van der Waals surface area contributed by atoms with E-state index in [4.69, 9.17) is 0 Å². The smallest absolute Gasteiger partial charge is 0.0939 e. The maximum atomic E-state index is 2.86. The summed E-state index contributed by atoms with van der Waals surface area (Å²) in [6, 6.07) is 0. The van der Waals surface area contributed by atoms with E-state index < -0.39 is 0 Å². The Morgan fingerprint density at radius 1 is 0.208 bits per heavy atom. The van der Waals surface area contributed by atoms with E-state index in [0.29, 0.717) is 0 Å². The first-order valence-corrected chi connectivity index (χ1v) is 33.9. The Kier molecular flexibility index (Phi) is 18.6. The zero-order chi connectivity index (χ0) is 32.4. The van der Waals surface area contributed by atoms with Crippen molar-refractivity contribution >= 4 is 130 Å². The molecule has 12 heteroatoms. The number of fused-ring (bicyclic) bond motifs is 18. The summed E-state index contributed by atoms with van der Waals surface area (Å²) >= 11 is 0. The van der Waals surface area contributed by atoms with Crippen molar-refractivity contribution in [1.29, 1.82) is 0 Å². The van der Waals surface area contributed by atoms with Crippen molar-refractivity contribution in [2.24, 2.45) is 71.0 Å². The van der Waals surface area contributed by atoms with Crippen molar-refractivity contribution in [2.75, 3.05) is 69.0 Å². The molecule has 0 aromatic carbocycles. The standard InChI is InChI=1S/C36H59S12/c1-25-2-27-3-26(1)14-38-40-17-29-5-31-9-33(7-29)22-46-48-24-36-11-34(18-42-41-15-27)10-35(12-36)23-47-45-21-32-6-28(16-39-37-13-25)4-30(8-32)19-43-44-20-31/h1,25-36H,2-24H2/q+1. The number of hydrogen-bond acceptors (Lipinski definition) is 12. The molecule has 8 rings (SSSR count). The van der Waals surface area contributed by atoms with Gasteiger partial charge in [-0.2, -0.15) is 0 Å². The van der Waals surface area contributed by atoms with Gasteiger partial charge in [0.1, 0.15) is 11.8 Å². The molecule has 4 saturated heterocycles. The molecule has 8 aliphatic rings. The first-order chi connectivity index (χ1) is 23.7. The fourth-order valence-electron chi connectivity index (χ4n) is 9.93. The lowest BCUT2D eigenvalue weighted by molar-refractivity contribution is 0.243. The van der Waals surface area contributed by atoms with Gasteiger partial charge in [0.2, 0.25) is 0 Å². The lowest BCUT2D eigenvalue weighted by Crippen LogP contribution is -2.28. The third-order valence-electron chi connectivity index (χ3n) is 11.9. The minimum absolute atomic E-state index is 0.829. The molecule has 4 heterocycles. The highest BCUT2D eigenvalue weighted by Gasteiger charge is 2.38. The molecule has 0 aromatic rings. The maximum Gasteiger partial charge on any atom is 0.108 e. The summed E-state index contributed by atoms with van der Waals surface area (Å²) in [4.78, 5) is 0. The second-order valence-electron chi connectivity index (χ2n) is 16.4. The lowest BCUT2D eigenvalue weighted by atomic mass is 9.77. The minimum Gasteiger partial charge on any atom is -0.0939 e. The largest absolute Gasteiger partial charge is 0.108 e. The summed E-state index contributed by atoms with van der Waals surface area (Å²) in [6.45, 7) is 0. The van der Waals surface area contributed by atoms with Gasteiger partial charge in [-0.05, 0) is 130 Å². The molecule has 0 aromatic heterocycles. The predicted octanol–water partition coefficient (Wildman–Crippen LogP) is 14.3. The fraction of sp³-hybridized carbons (Fsp3) is 0.972. The lowest BCUT2D eigenvalue weighted by Gasteiger charge is -2.35. The van der Waals surface area contributed by atoms with Crippen LogP contribution in [0.5, 0.6) is 0 Å². The molecule has 0 radical (unpaired) electrons. The van der Waals surface area contributed by atoms with Gasteiger partial charge in [0.25, 0.3) is 0 Å². The summed E-state index contributed by atoms with van der Waals surface area (Å²) in [5.41, 5.74) is 0. The average Bonchev–Trinajstić information content (AvgIpc) is 3.08. The Morgan fingerprint density at radius 3 is 0.583 bits per heavy atom. The second kappa shape index (κ2) is 22.1. The Balaban J connectivity index is 1.13. The highest BCUT2D eigenvalue weighted by Crippen LogP contribution is 2.49. The van der Waals surface area contributed by atoms with Gasteiger partial charge < -0.3 is 0 Å². The molecule has 274 valence electrons. The molecule has 0 amide bonds. The van der Waals surface area contributed by atoms with Gasteiger partial charge in [-0.25, -0.2) is 0 Å². The number of rotatable bonds is 0. The van der Waals surface area contributed by atoms with E-state index in [1.165, 1.54) is 140 Å². The third kappa shape index (κ3) is 13.6. The van der Waals surface area contributed by atoms with E-state index in [1.807, 2.05) is 0 Å². The molecule has 0 spiro atoms. The number of hydrogen-bond donors (Lipinski definition) is 0. The molecular weight excluding hydrogens is 817 g/mol. The van der Waals surface area contributed by atoms with Crippen LogP contribution in [0.3, 0.4) is 0 Å². The molecule has 8 fully saturated rings. The quantitative estimate of drug-likeness (QED) is 0.168. The first kappa shape index (κ1) is 40.3. The van der Waals surface area contributed by atoms with Gasteiger partial charge in [-0.3, -0.25) is 0 Å². The van der Waals surface area contributed by atoms with Crippen LogP contribution in [0, 0.1) is 77.4 Å². The Bertz CT molecular complexity index is 645. The normalized spacial score (nSPS) is 44.8. The average molecular weight is 877 g/mol. The van der Waals surface area contributed by atoms with E-state index >= 15 is 0 Å². The Labute approximate surface area is 342 Å². The van der Waals surface area contributed by atoms with Crippen molar-refractivity contribution < 1.29 is 0 Å².